The van der Waals surface area contributed by atoms with Gasteiger partial charge in [-0.15, -0.1) is 0 Å². The Labute approximate surface area is 106 Å². The number of alkyl halides is 1. The van der Waals surface area contributed by atoms with Gasteiger partial charge in [-0.1, -0.05) is 0 Å². The van der Waals surface area contributed by atoms with Crippen molar-refractivity contribution in [3.05, 3.63) is 23.8 Å². The van der Waals surface area contributed by atoms with Gasteiger partial charge in [0.2, 0.25) is 0 Å². The predicted molar refractivity (Wildman–Crippen MR) is 68.1 cm³/mol. The lowest BCUT2D eigenvalue weighted by atomic mass is 10.1. The van der Waals surface area contributed by atoms with Crippen LogP contribution in [0.5, 0.6) is 5.75 Å². The summed E-state index contributed by atoms with van der Waals surface area (Å²) in [5.41, 5.74) is 1.20. The molecular weight excluding hydrogens is 235 g/mol. The van der Waals surface area contributed by atoms with E-state index in [-0.39, 0.29) is 12.4 Å². The molecule has 18 heavy (non-hydrogen) atoms. The van der Waals surface area contributed by atoms with Crippen molar-refractivity contribution in [3.8, 4) is 5.75 Å². The normalized spacial score (nSPS) is 16.8. The van der Waals surface area contributed by atoms with Crippen LogP contribution in [0.25, 0.3) is 0 Å². The van der Waals surface area contributed by atoms with Crippen molar-refractivity contribution in [2.24, 2.45) is 0 Å². The van der Waals surface area contributed by atoms with Gasteiger partial charge in [0.1, 0.15) is 12.4 Å². The zero-order valence-electron chi connectivity index (χ0n) is 10.2. The van der Waals surface area contributed by atoms with Gasteiger partial charge in [0.25, 0.3) is 0 Å². The lowest BCUT2D eigenvalue weighted by Crippen LogP contribution is -2.47. The van der Waals surface area contributed by atoms with E-state index in [1.165, 1.54) is 0 Å². The first-order chi connectivity index (χ1) is 8.74. The average Bonchev–Trinajstić information content (AvgIpc) is 2.40. The lowest BCUT2D eigenvalue weighted by molar-refractivity contribution is 0.112. The van der Waals surface area contributed by atoms with Crippen molar-refractivity contribution in [3.63, 3.8) is 0 Å². The Morgan fingerprint density at radius 1 is 1.28 bits per heavy atom. The van der Waals surface area contributed by atoms with Gasteiger partial charge in [0.15, 0.2) is 6.29 Å². The largest absolute Gasteiger partial charge is 0.507 e. The number of benzene rings is 1. The molecule has 98 valence electrons. The van der Waals surface area contributed by atoms with Crippen LogP contribution in [0.3, 0.4) is 0 Å². The van der Waals surface area contributed by atoms with E-state index in [2.05, 4.69) is 9.80 Å². The Balaban J connectivity index is 2.01. The van der Waals surface area contributed by atoms with E-state index < -0.39 is 0 Å². The standard InChI is InChI=1S/C13H17FN2O2/c14-3-4-15-5-7-16(8-6-15)12-2-1-11(10-17)13(18)9-12/h1-2,9-10,18H,3-8H2. The minimum absolute atomic E-state index is 0.00804. The zero-order chi connectivity index (χ0) is 13.0. The number of nitrogens with zero attached hydrogens (tertiary/aromatic N) is 2. The number of rotatable bonds is 4. The Morgan fingerprint density at radius 3 is 2.56 bits per heavy atom. The maximum absolute atomic E-state index is 12.2. The molecule has 0 aromatic heterocycles. The van der Waals surface area contributed by atoms with Crippen molar-refractivity contribution in [2.75, 3.05) is 44.3 Å². The fourth-order valence-electron chi connectivity index (χ4n) is 2.18. The molecule has 0 aliphatic carbocycles. The number of anilines is 1. The van der Waals surface area contributed by atoms with Crippen LogP contribution < -0.4 is 4.90 Å². The Morgan fingerprint density at radius 2 is 2.00 bits per heavy atom. The van der Waals surface area contributed by atoms with Crippen LogP contribution in [0.4, 0.5) is 10.1 Å². The summed E-state index contributed by atoms with van der Waals surface area (Å²) >= 11 is 0. The van der Waals surface area contributed by atoms with Gasteiger partial charge in [0, 0.05) is 44.5 Å². The summed E-state index contributed by atoms with van der Waals surface area (Å²) in [5.74, 6) is 0.00804. The van der Waals surface area contributed by atoms with E-state index in [9.17, 15) is 14.3 Å². The van der Waals surface area contributed by atoms with Crippen molar-refractivity contribution in [1.29, 1.82) is 0 Å². The monoisotopic (exact) mass is 252 g/mol. The van der Waals surface area contributed by atoms with Gasteiger partial charge in [-0.2, -0.15) is 0 Å². The minimum atomic E-state index is -0.311. The molecule has 1 heterocycles. The Kier molecular flexibility index (Phi) is 4.15. The Bertz CT molecular complexity index is 417. The van der Waals surface area contributed by atoms with E-state index in [1.54, 1.807) is 12.1 Å². The Hall–Kier alpha value is -1.62. The van der Waals surface area contributed by atoms with Crippen LogP contribution in [-0.2, 0) is 0 Å². The first-order valence-corrected chi connectivity index (χ1v) is 6.06. The molecule has 0 bridgehead atoms. The van der Waals surface area contributed by atoms with Crippen LogP contribution in [0, 0.1) is 0 Å². The highest BCUT2D eigenvalue weighted by Gasteiger charge is 2.17. The minimum Gasteiger partial charge on any atom is -0.507 e. The lowest BCUT2D eigenvalue weighted by Gasteiger charge is -2.35. The third kappa shape index (κ3) is 2.79. The molecule has 0 saturated carbocycles. The number of phenolic OH excluding ortho intramolecular Hbond substituents is 1. The number of carbonyl (C=O) groups is 1. The van der Waals surface area contributed by atoms with Gasteiger partial charge in [-0.3, -0.25) is 9.69 Å². The molecule has 4 nitrogen and oxygen atoms in total. The SMILES string of the molecule is O=Cc1ccc(N2CCN(CCF)CC2)cc1O. The molecule has 0 atom stereocenters. The maximum Gasteiger partial charge on any atom is 0.153 e. The van der Waals surface area contributed by atoms with Gasteiger partial charge >= 0.3 is 0 Å². The highest BCUT2D eigenvalue weighted by molar-refractivity contribution is 5.80. The van der Waals surface area contributed by atoms with Crippen molar-refractivity contribution in [1.82, 2.24) is 4.90 Å². The van der Waals surface area contributed by atoms with Crippen LogP contribution in [0.15, 0.2) is 18.2 Å². The van der Waals surface area contributed by atoms with Gasteiger partial charge in [-0.05, 0) is 12.1 Å². The molecule has 1 saturated heterocycles. The van der Waals surface area contributed by atoms with E-state index in [4.69, 9.17) is 0 Å². The molecule has 1 aliphatic heterocycles. The van der Waals surface area contributed by atoms with Crippen LogP contribution in [-0.4, -0.2) is 55.7 Å². The van der Waals surface area contributed by atoms with Crippen LogP contribution >= 0.6 is 0 Å². The second-order valence-corrected chi connectivity index (χ2v) is 4.38. The summed E-state index contributed by atoms with van der Waals surface area (Å²) < 4.78 is 12.2. The highest BCUT2D eigenvalue weighted by Crippen LogP contribution is 2.24. The van der Waals surface area contributed by atoms with E-state index in [0.717, 1.165) is 31.9 Å². The summed E-state index contributed by atoms with van der Waals surface area (Å²) in [7, 11) is 0. The van der Waals surface area contributed by atoms with Gasteiger partial charge < -0.3 is 10.0 Å². The summed E-state index contributed by atoms with van der Waals surface area (Å²) in [6, 6.07) is 5.05. The van der Waals surface area contributed by atoms with Crippen molar-refractivity contribution >= 4 is 12.0 Å². The topological polar surface area (TPSA) is 43.8 Å². The van der Waals surface area contributed by atoms with Crippen LogP contribution in [0.2, 0.25) is 0 Å². The van der Waals surface area contributed by atoms with E-state index >= 15 is 0 Å². The molecule has 1 N–H and O–H groups in total. The third-order valence-electron chi connectivity index (χ3n) is 3.28. The molecule has 0 spiro atoms. The number of aromatic hydroxyl groups is 1. The third-order valence-corrected chi connectivity index (χ3v) is 3.28. The number of phenols is 1. The molecular formula is C13H17FN2O2. The van der Waals surface area contributed by atoms with Crippen molar-refractivity contribution < 1.29 is 14.3 Å². The average molecular weight is 252 g/mol. The number of aldehydes is 1. The van der Waals surface area contributed by atoms with Crippen molar-refractivity contribution in [2.45, 2.75) is 0 Å². The summed E-state index contributed by atoms with van der Waals surface area (Å²) in [5, 5.41) is 9.64. The number of carbonyl (C=O) groups excluding carboxylic acids is 1. The summed E-state index contributed by atoms with van der Waals surface area (Å²) in [6.07, 6.45) is 0.637. The molecule has 0 unspecified atom stereocenters. The van der Waals surface area contributed by atoms with E-state index in [0.29, 0.717) is 18.4 Å². The summed E-state index contributed by atoms with van der Waals surface area (Å²) in [4.78, 5) is 14.8. The first-order valence-electron chi connectivity index (χ1n) is 6.06. The quantitative estimate of drug-likeness (QED) is 0.820. The molecule has 5 heteroatoms. The number of piperazine rings is 1. The van der Waals surface area contributed by atoms with Crippen LogP contribution in [0.1, 0.15) is 10.4 Å². The molecule has 1 fully saturated rings. The fourth-order valence-corrected chi connectivity index (χ4v) is 2.18. The first kappa shape index (κ1) is 12.8. The zero-order valence-corrected chi connectivity index (χ0v) is 10.2. The molecule has 1 aliphatic rings. The summed E-state index contributed by atoms with van der Waals surface area (Å²) in [6.45, 7) is 3.43. The molecule has 0 amide bonds. The smallest absolute Gasteiger partial charge is 0.153 e. The molecule has 1 aromatic rings. The number of hydrogen-bond acceptors (Lipinski definition) is 4. The van der Waals surface area contributed by atoms with E-state index in [1.807, 2.05) is 6.07 Å². The molecule has 0 radical (unpaired) electrons. The second-order valence-electron chi connectivity index (χ2n) is 4.38. The molecule has 1 aromatic carbocycles. The number of hydrogen-bond donors (Lipinski definition) is 1. The molecule has 2 rings (SSSR count). The fraction of sp³-hybridized carbons (Fsp3) is 0.462. The van der Waals surface area contributed by atoms with Gasteiger partial charge in [-0.25, -0.2) is 4.39 Å². The second kappa shape index (κ2) is 5.82. The maximum atomic E-state index is 12.2. The number of halogens is 1. The predicted octanol–water partition coefficient (Wildman–Crippen LogP) is 1.30. The van der Waals surface area contributed by atoms with Gasteiger partial charge in [0.05, 0.1) is 5.56 Å². The highest BCUT2D eigenvalue weighted by atomic mass is 19.1.